The van der Waals surface area contributed by atoms with Crippen LogP contribution in [0.25, 0.3) is 0 Å². The van der Waals surface area contributed by atoms with Crippen molar-refractivity contribution in [3.05, 3.63) is 47.3 Å². The molecule has 2 aliphatic carbocycles. The highest BCUT2D eigenvalue weighted by atomic mass is 16.1. The van der Waals surface area contributed by atoms with Gasteiger partial charge in [-0.05, 0) is 48.3 Å². The van der Waals surface area contributed by atoms with E-state index in [4.69, 9.17) is 0 Å². The number of aryl methyl sites for hydroxylation is 1. The first-order valence-corrected chi connectivity index (χ1v) is 7.15. The summed E-state index contributed by atoms with van der Waals surface area (Å²) < 4.78 is 1.65. The van der Waals surface area contributed by atoms with Gasteiger partial charge in [0.25, 0.3) is 5.91 Å². The zero-order valence-electron chi connectivity index (χ0n) is 11.5. The molecule has 0 radical (unpaired) electrons. The molecule has 1 heterocycles. The molecule has 1 fully saturated rings. The van der Waals surface area contributed by atoms with Gasteiger partial charge < -0.3 is 5.32 Å². The van der Waals surface area contributed by atoms with E-state index in [1.165, 1.54) is 30.4 Å². The lowest BCUT2D eigenvalue weighted by molar-refractivity contribution is 0.102. The molecule has 20 heavy (non-hydrogen) atoms. The van der Waals surface area contributed by atoms with E-state index in [0.717, 1.165) is 5.69 Å². The van der Waals surface area contributed by atoms with Crippen molar-refractivity contribution >= 4 is 11.6 Å². The zero-order valence-corrected chi connectivity index (χ0v) is 11.5. The molecule has 1 aromatic carbocycles. The molecule has 0 spiro atoms. The number of amides is 1. The molecule has 1 aromatic heterocycles. The molecule has 0 saturated heterocycles. The monoisotopic (exact) mass is 267 g/mol. The van der Waals surface area contributed by atoms with Crippen LogP contribution < -0.4 is 5.32 Å². The summed E-state index contributed by atoms with van der Waals surface area (Å²) in [4.78, 5) is 12.3. The van der Waals surface area contributed by atoms with E-state index in [-0.39, 0.29) is 5.91 Å². The minimum absolute atomic E-state index is 0.0747. The Morgan fingerprint density at radius 1 is 1.35 bits per heavy atom. The van der Waals surface area contributed by atoms with Crippen molar-refractivity contribution in [3.63, 3.8) is 0 Å². The van der Waals surface area contributed by atoms with Crippen LogP contribution in [-0.2, 0) is 7.05 Å². The number of rotatable bonds is 2. The fraction of sp³-hybridized carbons (Fsp3) is 0.375. The summed E-state index contributed by atoms with van der Waals surface area (Å²) >= 11 is 0. The lowest BCUT2D eigenvalue weighted by Crippen LogP contribution is -2.14. The molecule has 4 rings (SSSR count). The molecular formula is C16H17N3O. The third kappa shape index (κ3) is 1.68. The van der Waals surface area contributed by atoms with E-state index in [1.807, 2.05) is 13.1 Å². The van der Waals surface area contributed by atoms with Gasteiger partial charge in [0.05, 0.1) is 11.8 Å². The second-order valence-electron chi connectivity index (χ2n) is 5.87. The second-order valence-corrected chi connectivity index (χ2v) is 5.87. The number of hydrogen-bond acceptors (Lipinski definition) is 2. The number of fused-ring (bicyclic) bond motifs is 5. The van der Waals surface area contributed by atoms with E-state index < -0.39 is 0 Å². The van der Waals surface area contributed by atoms with Gasteiger partial charge in [0.15, 0.2) is 0 Å². The fourth-order valence-electron chi connectivity index (χ4n) is 3.76. The van der Waals surface area contributed by atoms with Gasteiger partial charge in [-0.1, -0.05) is 12.1 Å². The third-order valence-electron chi connectivity index (χ3n) is 4.64. The minimum atomic E-state index is -0.0747. The molecule has 2 unspecified atom stereocenters. The van der Waals surface area contributed by atoms with E-state index in [9.17, 15) is 4.79 Å². The van der Waals surface area contributed by atoms with E-state index in [0.29, 0.717) is 17.4 Å². The zero-order chi connectivity index (χ0) is 13.7. The van der Waals surface area contributed by atoms with Crippen molar-refractivity contribution < 1.29 is 4.79 Å². The van der Waals surface area contributed by atoms with Crippen LogP contribution in [0.4, 0.5) is 5.69 Å². The first kappa shape index (κ1) is 11.7. The van der Waals surface area contributed by atoms with Crippen molar-refractivity contribution in [1.82, 2.24) is 9.78 Å². The summed E-state index contributed by atoms with van der Waals surface area (Å²) in [6, 6.07) is 6.30. The van der Waals surface area contributed by atoms with Gasteiger partial charge in [-0.15, -0.1) is 0 Å². The van der Waals surface area contributed by atoms with E-state index in [2.05, 4.69) is 22.5 Å². The summed E-state index contributed by atoms with van der Waals surface area (Å²) in [5.41, 5.74) is 4.42. The average Bonchev–Trinajstić information content (AvgIpc) is 3.14. The van der Waals surface area contributed by atoms with Crippen LogP contribution in [0.2, 0.25) is 0 Å². The lowest BCUT2D eigenvalue weighted by atomic mass is 9.90. The maximum absolute atomic E-state index is 12.3. The number of anilines is 1. The molecule has 2 bridgehead atoms. The van der Waals surface area contributed by atoms with Crippen molar-refractivity contribution in [1.29, 1.82) is 0 Å². The van der Waals surface area contributed by atoms with Crippen molar-refractivity contribution in [2.45, 2.75) is 31.1 Å². The molecule has 2 aromatic rings. The maximum atomic E-state index is 12.3. The largest absolute Gasteiger partial charge is 0.322 e. The van der Waals surface area contributed by atoms with Crippen LogP contribution in [0.15, 0.2) is 30.6 Å². The van der Waals surface area contributed by atoms with Crippen LogP contribution in [0, 0.1) is 0 Å². The highest BCUT2D eigenvalue weighted by Crippen LogP contribution is 2.55. The summed E-state index contributed by atoms with van der Waals surface area (Å²) in [6.45, 7) is 0. The molecule has 102 valence electrons. The molecule has 0 aliphatic heterocycles. The lowest BCUT2D eigenvalue weighted by Gasteiger charge is -2.19. The normalized spacial score (nSPS) is 22.9. The van der Waals surface area contributed by atoms with Gasteiger partial charge in [-0.2, -0.15) is 5.10 Å². The van der Waals surface area contributed by atoms with Gasteiger partial charge in [0, 0.05) is 18.9 Å². The Kier molecular flexibility index (Phi) is 2.46. The standard InChI is InChI=1S/C16H17N3O/c1-19-9-12(8-17-19)16(20)18-14-4-2-3-13-10-5-6-11(7-10)15(13)14/h2-4,8-11H,5-7H2,1H3,(H,18,20). The number of benzene rings is 1. The predicted octanol–water partition coefficient (Wildman–Crippen LogP) is 3.04. The molecule has 1 N–H and O–H groups in total. The Morgan fingerprint density at radius 2 is 2.20 bits per heavy atom. The third-order valence-corrected chi connectivity index (χ3v) is 4.64. The van der Waals surface area contributed by atoms with Gasteiger partial charge in [-0.25, -0.2) is 0 Å². The van der Waals surface area contributed by atoms with Crippen LogP contribution in [-0.4, -0.2) is 15.7 Å². The van der Waals surface area contributed by atoms with Crippen LogP contribution >= 0.6 is 0 Å². The molecule has 1 amide bonds. The summed E-state index contributed by atoms with van der Waals surface area (Å²) in [5, 5.41) is 7.11. The van der Waals surface area contributed by atoms with Gasteiger partial charge in [0.1, 0.15) is 0 Å². The van der Waals surface area contributed by atoms with Crippen molar-refractivity contribution in [3.8, 4) is 0 Å². The van der Waals surface area contributed by atoms with Gasteiger partial charge in [-0.3, -0.25) is 9.48 Å². The number of carbonyl (C=O) groups is 1. The molecule has 2 atom stereocenters. The van der Waals surface area contributed by atoms with Gasteiger partial charge >= 0.3 is 0 Å². The number of nitrogens with zero attached hydrogens (tertiary/aromatic N) is 2. The number of hydrogen-bond donors (Lipinski definition) is 1. The fourth-order valence-corrected chi connectivity index (χ4v) is 3.76. The maximum Gasteiger partial charge on any atom is 0.258 e. The van der Waals surface area contributed by atoms with Crippen LogP contribution in [0.5, 0.6) is 0 Å². The topological polar surface area (TPSA) is 46.9 Å². The Balaban J connectivity index is 1.66. The minimum Gasteiger partial charge on any atom is -0.322 e. The number of aromatic nitrogens is 2. The van der Waals surface area contributed by atoms with E-state index in [1.54, 1.807) is 17.1 Å². The summed E-state index contributed by atoms with van der Waals surface area (Å²) in [6.07, 6.45) is 7.17. The Labute approximate surface area is 117 Å². The quantitative estimate of drug-likeness (QED) is 0.909. The molecule has 4 nitrogen and oxygen atoms in total. The SMILES string of the molecule is Cn1cc(C(=O)Nc2cccc3c2C2CCC3C2)cn1. The highest BCUT2D eigenvalue weighted by Gasteiger charge is 2.38. The first-order valence-electron chi connectivity index (χ1n) is 7.15. The summed E-state index contributed by atoms with van der Waals surface area (Å²) in [7, 11) is 1.82. The molecule has 4 heteroatoms. The first-order chi connectivity index (χ1) is 9.72. The smallest absolute Gasteiger partial charge is 0.258 e. The predicted molar refractivity (Wildman–Crippen MR) is 76.9 cm³/mol. The average molecular weight is 267 g/mol. The van der Waals surface area contributed by atoms with Crippen LogP contribution in [0.3, 0.4) is 0 Å². The number of nitrogens with one attached hydrogen (secondary N) is 1. The molecule has 1 saturated carbocycles. The van der Waals surface area contributed by atoms with Gasteiger partial charge in [0.2, 0.25) is 0 Å². The second kappa shape index (κ2) is 4.20. The van der Waals surface area contributed by atoms with E-state index >= 15 is 0 Å². The van der Waals surface area contributed by atoms with Crippen molar-refractivity contribution in [2.24, 2.45) is 7.05 Å². The Hall–Kier alpha value is -2.10. The number of carbonyl (C=O) groups excluding carboxylic acids is 1. The molecular weight excluding hydrogens is 250 g/mol. The van der Waals surface area contributed by atoms with Crippen molar-refractivity contribution in [2.75, 3.05) is 5.32 Å². The van der Waals surface area contributed by atoms with Crippen LogP contribution in [0.1, 0.15) is 52.6 Å². The molecule has 2 aliphatic rings. The summed E-state index contributed by atoms with van der Waals surface area (Å²) in [5.74, 6) is 1.28. The Morgan fingerprint density at radius 3 is 3.00 bits per heavy atom. The highest BCUT2D eigenvalue weighted by molar-refractivity contribution is 6.04. The Bertz CT molecular complexity index is 689.